The highest BCUT2D eigenvalue weighted by Gasteiger charge is 2.56. The highest BCUT2D eigenvalue weighted by molar-refractivity contribution is 6.04. The lowest BCUT2D eigenvalue weighted by molar-refractivity contribution is -0.151. The molecule has 4 rings (SSSR count). The Hall–Kier alpha value is -2.84. The molecule has 2 aromatic rings. The summed E-state index contributed by atoms with van der Waals surface area (Å²) in [6, 6.07) is 10.7. The van der Waals surface area contributed by atoms with E-state index in [1.54, 1.807) is 6.92 Å². The van der Waals surface area contributed by atoms with E-state index in [-0.39, 0.29) is 23.8 Å². The van der Waals surface area contributed by atoms with Crippen LogP contribution in [0.15, 0.2) is 47.6 Å². The first kappa shape index (κ1) is 21.4. The van der Waals surface area contributed by atoms with Gasteiger partial charge in [0.25, 0.3) is 5.91 Å². The van der Waals surface area contributed by atoms with E-state index in [4.69, 9.17) is 15.2 Å². The fourth-order valence-corrected chi connectivity index (χ4v) is 4.51. The molecule has 0 fully saturated rings. The summed E-state index contributed by atoms with van der Waals surface area (Å²) in [6.07, 6.45) is -0.0000278. The first-order valence-corrected chi connectivity index (χ1v) is 10.2. The van der Waals surface area contributed by atoms with Crippen molar-refractivity contribution in [2.24, 2.45) is 16.8 Å². The standard InChI is InChI=1S/C23H25F2N3O3/c1-14(30-2)22(29)28-23(12-20(27-28)17-11-16(24)7-8-19(17)25)15(9-10-26)13-31-21-6-4-3-5-18(21)23/h3-8,11,14-15H,9-10,12-13,26H2,1-2H3. The minimum atomic E-state index is -0.938. The molecular formula is C23H25F2N3O3. The zero-order valence-corrected chi connectivity index (χ0v) is 17.5. The minimum Gasteiger partial charge on any atom is -0.493 e. The van der Waals surface area contributed by atoms with Crippen LogP contribution in [0, 0.1) is 17.6 Å². The van der Waals surface area contributed by atoms with Crippen LogP contribution < -0.4 is 10.5 Å². The number of nitrogens with two attached hydrogens (primary N) is 1. The number of carbonyl (C=O) groups is 1. The smallest absolute Gasteiger partial charge is 0.272 e. The average Bonchev–Trinajstić information content (AvgIpc) is 3.17. The summed E-state index contributed by atoms with van der Waals surface area (Å²) < 4.78 is 39.8. The Kier molecular flexibility index (Phi) is 5.77. The van der Waals surface area contributed by atoms with Crippen molar-refractivity contribution in [1.82, 2.24) is 5.01 Å². The maximum Gasteiger partial charge on any atom is 0.272 e. The lowest BCUT2D eigenvalue weighted by atomic mass is 9.71. The molecule has 31 heavy (non-hydrogen) atoms. The number of amides is 1. The van der Waals surface area contributed by atoms with Crippen LogP contribution in [0.25, 0.3) is 0 Å². The number of nitrogens with zero attached hydrogens (tertiary/aromatic N) is 2. The summed E-state index contributed by atoms with van der Waals surface area (Å²) in [5.41, 5.74) is 6.06. The van der Waals surface area contributed by atoms with Crippen molar-refractivity contribution in [2.45, 2.75) is 31.4 Å². The molecule has 3 unspecified atom stereocenters. The molecule has 2 N–H and O–H groups in total. The summed E-state index contributed by atoms with van der Waals surface area (Å²) in [5, 5.41) is 5.95. The van der Waals surface area contributed by atoms with Gasteiger partial charge in [0.15, 0.2) is 0 Å². The van der Waals surface area contributed by atoms with Crippen molar-refractivity contribution in [3.8, 4) is 5.75 Å². The summed E-state index contributed by atoms with van der Waals surface area (Å²) >= 11 is 0. The summed E-state index contributed by atoms with van der Waals surface area (Å²) in [6.45, 7) is 2.34. The highest BCUT2D eigenvalue weighted by Crippen LogP contribution is 2.52. The summed E-state index contributed by atoms with van der Waals surface area (Å²) in [4.78, 5) is 13.4. The normalized spacial score (nSPS) is 23.3. The van der Waals surface area contributed by atoms with Crippen molar-refractivity contribution in [1.29, 1.82) is 0 Å². The molecule has 0 aromatic heterocycles. The third-order valence-electron chi connectivity index (χ3n) is 6.17. The van der Waals surface area contributed by atoms with Gasteiger partial charge >= 0.3 is 0 Å². The van der Waals surface area contributed by atoms with Crippen molar-refractivity contribution in [3.63, 3.8) is 0 Å². The molecule has 3 atom stereocenters. The molecule has 2 aromatic carbocycles. The van der Waals surface area contributed by atoms with Crippen LogP contribution in [0.1, 0.15) is 30.9 Å². The average molecular weight is 429 g/mol. The first-order valence-electron chi connectivity index (χ1n) is 10.2. The van der Waals surface area contributed by atoms with Gasteiger partial charge in [-0.3, -0.25) is 4.79 Å². The Bertz CT molecular complexity index is 1030. The molecule has 0 bridgehead atoms. The molecule has 0 saturated heterocycles. The van der Waals surface area contributed by atoms with E-state index >= 15 is 0 Å². The second-order valence-corrected chi connectivity index (χ2v) is 7.88. The molecule has 1 spiro atoms. The molecule has 0 saturated carbocycles. The Labute approximate surface area is 179 Å². The van der Waals surface area contributed by atoms with Crippen LogP contribution in [0.5, 0.6) is 5.75 Å². The lowest BCUT2D eigenvalue weighted by Crippen LogP contribution is -2.55. The number of methoxy groups -OCH3 is 1. The van der Waals surface area contributed by atoms with E-state index in [1.165, 1.54) is 12.1 Å². The number of hydrazone groups is 1. The lowest BCUT2D eigenvalue weighted by Gasteiger charge is -2.46. The van der Waals surface area contributed by atoms with Gasteiger partial charge in [-0.15, -0.1) is 0 Å². The molecule has 164 valence electrons. The van der Waals surface area contributed by atoms with Crippen LogP contribution in [-0.4, -0.2) is 43.0 Å². The zero-order chi connectivity index (χ0) is 22.2. The van der Waals surface area contributed by atoms with Crippen LogP contribution in [-0.2, 0) is 15.1 Å². The van der Waals surface area contributed by atoms with Gasteiger partial charge in [0.05, 0.1) is 12.3 Å². The van der Waals surface area contributed by atoms with Crippen LogP contribution in [0.3, 0.4) is 0 Å². The Morgan fingerprint density at radius 1 is 1.35 bits per heavy atom. The molecular weight excluding hydrogens is 404 g/mol. The van der Waals surface area contributed by atoms with Crippen LogP contribution in [0.4, 0.5) is 8.78 Å². The quantitative estimate of drug-likeness (QED) is 0.792. The number of benzene rings is 2. The number of carbonyl (C=O) groups excluding carboxylic acids is 1. The largest absolute Gasteiger partial charge is 0.493 e. The second kappa shape index (κ2) is 8.36. The van der Waals surface area contributed by atoms with E-state index in [9.17, 15) is 13.6 Å². The number of rotatable bonds is 5. The third-order valence-corrected chi connectivity index (χ3v) is 6.17. The molecule has 1 amide bonds. The predicted molar refractivity (Wildman–Crippen MR) is 112 cm³/mol. The van der Waals surface area contributed by atoms with Gasteiger partial charge in [-0.2, -0.15) is 5.10 Å². The molecule has 0 radical (unpaired) electrons. The van der Waals surface area contributed by atoms with Gasteiger partial charge in [-0.1, -0.05) is 18.2 Å². The van der Waals surface area contributed by atoms with Gasteiger partial charge in [-0.05, 0) is 44.2 Å². The number of para-hydroxylation sites is 1. The fraction of sp³-hybridized carbons (Fsp3) is 0.391. The van der Waals surface area contributed by atoms with Gasteiger partial charge in [0, 0.05) is 30.6 Å². The number of ether oxygens (including phenoxy) is 2. The Balaban J connectivity index is 1.92. The SMILES string of the molecule is COC(C)C(=O)N1N=C(c2cc(F)ccc2F)CC12c1ccccc1OCC2CCN. The van der Waals surface area contributed by atoms with Gasteiger partial charge in [-0.25, -0.2) is 13.8 Å². The number of hydrogen-bond acceptors (Lipinski definition) is 5. The topological polar surface area (TPSA) is 77.1 Å². The molecule has 0 aliphatic carbocycles. The Morgan fingerprint density at radius 3 is 2.87 bits per heavy atom. The molecule has 2 aliphatic rings. The minimum absolute atomic E-state index is 0.0372. The van der Waals surface area contributed by atoms with Crippen LogP contribution in [0.2, 0.25) is 0 Å². The zero-order valence-electron chi connectivity index (χ0n) is 17.5. The van der Waals surface area contributed by atoms with Gasteiger partial charge in [0.2, 0.25) is 0 Å². The van der Waals surface area contributed by atoms with E-state index < -0.39 is 23.3 Å². The third kappa shape index (κ3) is 3.49. The molecule has 8 heteroatoms. The van der Waals surface area contributed by atoms with E-state index in [1.807, 2.05) is 24.3 Å². The van der Waals surface area contributed by atoms with Crippen LogP contribution >= 0.6 is 0 Å². The van der Waals surface area contributed by atoms with Crippen molar-refractivity contribution in [2.75, 3.05) is 20.3 Å². The molecule has 2 aliphatic heterocycles. The highest BCUT2D eigenvalue weighted by atomic mass is 19.1. The fourth-order valence-electron chi connectivity index (χ4n) is 4.51. The van der Waals surface area contributed by atoms with Gasteiger partial charge < -0.3 is 15.2 Å². The summed E-state index contributed by atoms with van der Waals surface area (Å²) in [5.74, 6) is -1.10. The predicted octanol–water partition coefficient (Wildman–Crippen LogP) is 3.19. The number of halogens is 2. The maximum absolute atomic E-state index is 14.7. The molecule has 6 nitrogen and oxygen atoms in total. The van der Waals surface area contributed by atoms with E-state index in [0.29, 0.717) is 31.0 Å². The maximum atomic E-state index is 14.7. The van der Waals surface area contributed by atoms with Crippen molar-refractivity contribution < 1.29 is 23.0 Å². The summed E-state index contributed by atoms with van der Waals surface area (Å²) in [7, 11) is 1.44. The van der Waals surface area contributed by atoms with Crippen molar-refractivity contribution in [3.05, 3.63) is 65.2 Å². The Morgan fingerprint density at radius 2 is 2.13 bits per heavy atom. The second-order valence-electron chi connectivity index (χ2n) is 7.88. The van der Waals surface area contributed by atoms with Crippen molar-refractivity contribution >= 4 is 11.6 Å². The number of fused-ring (bicyclic) bond motifs is 2. The van der Waals surface area contributed by atoms with E-state index in [0.717, 1.165) is 23.8 Å². The molecule has 2 heterocycles. The monoisotopic (exact) mass is 429 g/mol. The first-order chi connectivity index (χ1) is 14.9. The number of hydrogen-bond donors (Lipinski definition) is 1. The van der Waals surface area contributed by atoms with Gasteiger partial charge in [0.1, 0.15) is 29.0 Å². The van der Waals surface area contributed by atoms with E-state index in [2.05, 4.69) is 5.10 Å².